The number of anilines is 2. The molecule has 0 aliphatic carbocycles. The number of nitrogen functional groups attached to an aromatic ring is 1. The number of amides is 1. The van der Waals surface area contributed by atoms with Crippen molar-refractivity contribution in [2.45, 2.75) is 6.54 Å². The first-order chi connectivity index (χ1) is 9.54. The summed E-state index contributed by atoms with van der Waals surface area (Å²) in [5, 5.41) is 7.39. The van der Waals surface area contributed by atoms with Crippen molar-refractivity contribution in [3.63, 3.8) is 0 Å². The van der Waals surface area contributed by atoms with Crippen molar-refractivity contribution >= 4 is 40.2 Å². The zero-order valence-electron chi connectivity index (χ0n) is 11.1. The second-order valence-electron chi connectivity index (χ2n) is 4.59. The smallest absolute Gasteiger partial charge is 0.238 e. The van der Waals surface area contributed by atoms with Crippen LogP contribution >= 0.6 is 22.9 Å². The van der Waals surface area contributed by atoms with Gasteiger partial charge in [-0.15, -0.1) is 0 Å². The third-order valence-corrected chi connectivity index (χ3v) is 3.80. The zero-order valence-corrected chi connectivity index (χ0v) is 12.7. The zero-order chi connectivity index (χ0) is 14.5. The summed E-state index contributed by atoms with van der Waals surface area (Å²) in [6, 6.07) is 7.11. The van der Waals surface area contributed by atoms with Gasteiger partial charge in [0.05, 0.1) is 17.3 Å². The van der Waals surface area contributed by atoms with Gasteiger partial charge in [-0.05, 0) is 47.6 Å². The van der Waals surface area contributed by atoms with Crippen molar-refractivity contribution in [3.05, 3.63) is 45.6 Å². The normalized spacial score (nSPS) is 10.8. The van der Waals surface area contributed by atoms with Crippen molar-refractivity contribution in [1.29, 1.82) is 0 Å². The maximum atomic E-state index is 11.9. The Balaban J connectivity index is 1.87. The van der Waals surface area contributed by atoms with E-state index < -0.39 is 0 Å². The molecule has 0 spiro atoms. The van der Waals surface area contributed by atoms with Crippen LogP contribution < -0.4 is 11.1 Å². The van der Waals surface area contributed by atoms with E-state index in [1.807, 2.05) is 17.3 Å². The molecule has 6 heteroatoms. The SMILES string of the molecule is CN(CC(=O)Nc1ccc(Cl)c(N)c1)Cc1ccsc1. The summed E-state index contributed by atoms with van der Waals surface area (Å²) in [6.45, 7) is 1.07. The molecule has 20 heavy (non-hydrogen) atoms. The van der Waals surface area contributed by atoms with Gasteiger partial charge in [0.15, 0.2) is 0 Å². The van der Waals surface area contributed by atoms with Crippen LogP contribution in [0.4, 0.5) is 11.4 Å². The average molecular weight is 310 g/mol. The standard InChI is InChI=1S/C14H16ClN3OS/c1-18(7-10-4-5-20-9-10)8-14(19)17-11-2-3-12(15)13(16)6-11/h2-6,9H,7-8,16H2,1H3,(H,17,19). The van der Waals surface area contributed by atoms with Crippen LogP contribution in [-0.4, -0.2) is 24.4 Å². The molecule has 0 unspecified atom stereocenters. The lowest BCUT2D eigenvalue weighted by Gasteiger charge is -2.15. The third-order valence-electron chi connectivity index (χ3n) is 2.73. The fourth-order valence-corrected chi connectivity index (χ4v) is 2.59. The van der Waals surface area contributed by atoms with E-state index in [-0.39, 0.29) is 5.91 Å². The van der Waals surface area contributed by atoms with Crippen LogP contribution in [0.15, 0.2) is 35.0 Å². The number of hydrogen-bond acceptors (Lipinski definition) is 4. The van der Waals surface area contributed by atoms with E-state index >= 15 is 0 Å². The average Bonchev–Trinajstić information content (AvgIpc) is 2.86. The molecule has 1 aromatic carbocycles. The summed E-state index contributed by atoms with van der Waals surface area (Å²) in [6.07, 6.45) is 0. The quantitative estimate of drug-likeness (QED) is 0.835. The molecule has 0 saturated heterocycles. The molecule has 1 heterocycles. The molecule has 3 N–H and O–H groups in total. The third kappa shape index (κ3) is 4.23. The van der Waals surface area contributed by atoms with Crippen LogP contribution in [0.5, 0.6) is 0 Å². The fourth-order valence-electron chi connectivity index (χ4n) is 1.82. The van der Waals surface area contributed by atoms with Crippen LogP contribution in [0.3, 0.4) is 0 Å². The lowest BCUT2D eigenvalue weighted by atomic mass is 10.2. The van der Waals surface area contributed by atoms with E-state index in [0.717, 1.165) is 6.54 Å². The number of nitrogens with two attached hydrogens (primary N) is 1. The summed E-state index contributed by atoms with van der Waals surface area (Å²) in [7, 11) is 1.91. The number of likely N-dealkylation sites (N-methyl/N-ethyl adjacent to an activating group) is 1. The first kappa shape index (κ1) is 14.8. The highest BCUT2D eigenvalue weighted by Gasteiger charge is 2.08. The van der Waals surface area contributed by atoms with Crippen LogP contribution in [-0.2, 0) is 11.3 Å². The number of rotatable bonds is 5. The van der Waals surface area contributed by atoms with Crippen molar-refractivity contribution in [2.75, 3.05) is 24.6 Å². The minimum Gasteiger partial charge on any atom is -0.397 e. The van der Waals surface area contributed by atoms with Gasteiger partial charge in [0.2, 0.25) is 5.91 Å². The number of nitrogens with one attached hydrogen (secondary N) is 1. The van der Waals surface area contributed by atoms with Gasteiger partial charge in [0, 0.05) is 12.2 Å². The van der Waals surface area contributed by atoms with Gasteiger partial charge in [0.25, 0.3) is 0 Å². The van der Waals surface area contributed by atoms with E-state index in [1.165, 1.54) is 5.56 Å². The number of hydrogen-bond donors (Lipinski definition) is 2. The summed E-state index contributed by atoms with van der Waals surface area (Å²) in [5.74, 6) is -0.0792. The summed E-state index contributed by atoms with van der Waals surface area (Å²) >= 11 is 7.49. The van der Waals surface area contributed by atoms with Gasteiger partial charge in [-0.2, -0.15) is 11.3 Å². The van der Waals surface area contributed by atoms with Crippen LogP contribution in [0, 0.1) is 0 Å². The highest BCUT2D eigenvalue weighted by atomic mass is 35.5. The van der Waals surface area contributed by atoms with E-state index in [9.17, 15) is 4.79 Å². The molecule has 0 aliphatic rings. The molecule has 0 radical (unpaired) electrons. The molecule has 4 nitrogen and oxygen atoms in total. The van der Waals surface area contributed by atoms with Crippen LogP contribution in [0.2, 0.25) is 5.02 Å². The Kier molecular flexibility index (Phi) is 5.00. The van der Waals surface area contributed by atoms with Gasteiger partial charge < -0.3 is 11.1 Å². The fraction of sp³-hybridized carbons (Fsp3) is 0.214. The Hall–Kier alpha value is -1.56. The van der Waals surface area contributed by atoms with Crippen molar-refractivity contribution in [2.24, 2.45) is 0 Å². The minimum absolute atomic E-state index is 0.0792. The molecule has 0 fully saturated rings. The topological polar surface area (TPSA) is 58.4 Å². The first-order valence-corrected chi connectivity index (χ1v) is 7.41. The molecule has 0 bridgehead atoms. The number of thiophene rings is 1. The molecule has 0 aliphatic heterocycles. The molecule has 0 saturated carbocycles. The summed E-state index contributed by atoms with van der Waals surface area (Å²) in [4.78, 5) is 13.9. The van der Waals surface area contributed by atoms with E-state index in [0.29, 0.717) is 22.9 Å². The second-order valence-corrected chi connectivity index (χ2v) is 5.78. The molecule has 1 amide bonds. The lowest BCUT2D eigenvalue weighted by Crippen LogP contribution is -2.29. The Morgan fingerprint density at radius 3 is 2.90 bits per heavy atom. The number of carbonyl (C=O) groups excluding carboxylic acids is 1. The number of benzene rings is 1. The van der Waals surface area contributed by atoms with Gasteiger partial charge >= 0.3 is 0 Å². The highest BCUT2D eigenvalue weighted by Crippen LogP contribution is 2.22. The maximum Gasteiger partial charge on any atom is 0.238 e. The molecular weight excluding hydrogens is 294 g/mol. The van der Waals surface area contributed by atoms with E-state index in [2.05, 4.69) is 16.8 Å². The van der Waals surface area contributed by atoms with Gasteiger partial charge in [-0.3, -0.25) is 9.69 Å². The molecule has 0 atom stereocenters. The number of carbonyl (C=O) groups is 1. The Morgan fingerprint density at radius 1 is 1.45 bits per heavy atom. The number of nitrogens with zero attached hydrogens (tertiary/aromatic N) is 1. The van der Waals surface area contributed by atoms with Gasteiger partial charge in [0.1, 0.15) is 0 Å². The molecule has 2 aromatic rings. The van der Waals surface area contributed by atoms with Crippen molar-refractivity contribution < 1.29 is 4.79 Å². The monoisotopic (exact) mass is 309 g/mol. The van der Waals surface area contributed by atoms with Gasteiger partial charge in [-0.1, -0.05) is 11.6 Å². The Labute approximate surface area is 127 Å². The predicted octanol–water partition coefficient (Wildman–Crippen LogP) is 3.05. The molecule has 106 valence electrons. The summed E-state index contributed by atoms with van der Waals surface area (Å²) in [5.41, 5.74) is 8.01. The van der Waals surface area contributed by atoms with Crippen LogP contribution in [0.1, 0.15) is 5.56 Å². The summed E-state index contributed by atoms with van der Waals surface area (Å²) < 4.78 is 0. The van der Waals surface area contributed by atoms with Crippen molar-refractivity contribution in [1.82, 2.24) is 4.90 Å². The lowest BCUT2D eigenvalue weighted by molar-refractivity contribution is -0.117. The Morgan fingerprint density at radius 2 is 2.25 bits per heavy atom. The number of halogens is 1. The first-order valence-electron chi connectivity index (χ1n) is 6.09. The van der Waals surface area contributed by atoms with E-state index in [1.54, 1.807) is 29.5 Å². The molecular formula is C14H16ClN3OS. The molecule has 1 aromatic heterocycles. The second kappa shape index (κ2) is 6.74. The Bertz CT molecular complexity index is 586. The van der Waals surface area contributed by atoms with Crippen LogP contribution in [0.25, 0.3) is 0 Å². The highest BCUT2D eigenvalue weighted by molar-refractivity contribution is 7.07. The maximum absolute atomic E-state index is 11.9. The van der Waals surface area contributed by atoms with Crippen molar-refractivity contribution in [3.8, 4) is 0 Å². The van der Waals surface area contributed by atoms with E-state index in [4.69, 9.17) is 17.3 Å². The minimum atomic E-state index is -0.0792. The van der Waals surface area contributed by atoms with Gasteiger partial charge in [-0.25, -0.2) is 0 Å². The molecule has 2 rings (SSSR count). The largest absolute Gasteiger partial charge is 0.397 e. The predicted molar refractivity (Wildman–Crippen MR) is 85.1 cm³/mol.